The zero-order valence-corrected chi connectivity index (χ0v) is 12.6. The molecule has 3 N–H and O–H groups in total. The van der Waals surface area contributed by atoms with E-state index in [4.69, 9.17) is 16.7 Å². The Kier molecular flexibility index (Phi) is 7.25. The van der Waals surface area contributed by atoms with Crippen molar-refractivity contribution in [3.63, 3.8) is 0 Å². The van der Waals surface area contributed by atoms with Crippen molar-refractivity contribution in [3.8, 4) is 0 Å². The van der Waals surface area contributed by atoms with Gasteiger partial charge in [0.05, 0.1) is 5.69 Å². The van der Waals surface area contributed by atoms with Crippen molar-refractivity contribution in [1.29, 1.82) is 0 Å². The van der Waals surface area contributed by atoms with E-state index in [1.165, 1.54) is 6.07 Å². The number of aromatic carboxylic acids is 1. The lowest BCUT2D eigenvalue weighted by molar-refractivity contribution is 0.0690. The zero-order chi connectivity index (χ0) is 15.0. The van der Waals surface area contributed by atoms with Crippen LogP contribution in [-0.2, 0) is 0 Å². The van der Waals surface area contributed by atoms with Crippen LogP contribution in [0.5, 0.6) is 0 Å². The highest BCUT2D eigenvalue weighted by Gasteiger charge is 2.18. The van der Waals surface area contributed by atoms with Gasteiger partial charge in [-0.05, 0) is 32.4 Å². The van der Waals surface area contributed by atoms with Gasteiger partial charge in [0.1, 0.15) is 0 Å². The van der Waals surface area contributed by atoms with Crippen molar-refractivity contribution in [3.05, 3.63) is 16.9 Å². The Labute approximate surface area is 123 Å². The summed E-state index contributed by atoms with van der Waals surface area (Å²) in [6.45, 7) is 5.92. The summed E-state index contributed by atoms with van der Waals surface area (Å²) in [5.41, 5.74) is 0.353. The maximum absolute atomic E-state index is 11.0. The molecular formula is C13H21ClN4O2. The Morgan fingerprint density at radius 2 is 2.15 bits per heavy atom. The first kappa shape index (κ1) is 16.7. The van der Waals surface area contributed by atoms with Crippen molar-refractivity contribution in [1.82, 2.24) is 15.5 Å². The summed E-state index contributed by atoms with van der Waals surface area (Å²) in [6, 6.07) is 1.74. The summed E-state index contributed by atoms with van der Waals surface area (Å²) in [7, 11) is 0. The number of halogens is 1. The van der Waals surface area contributed by atoms with Gasteiger partial charge in [-0.1, -0.05) is 25.4 Å². The summed E-state index contributed by atoms with van der Waals surface area (Å²) in [5, 5.41) is 22.9. The maximum atomic E-state index is 11.0. The van der Waals surface area contributed by atoms with Crippen LogP contribution >= 0.6 is 11.6 Å². The summed E-state index contributed by atoms with van der Waals surface area (Å²) in [6.07, 6.45) is 3.00. The number of carbonyl (C=O) groups is 1. The van der Waals surface area contributed by atoms with E-state index in [1.54, 1.807) is 0 Å². The van der Waals surface area contributed by atoms with Gasteiger partial charge in [0, 0.05) is 12.1 Å². The minimum atomic E-state index is -1.10. The second-order valence-corrected chi connectivity index (χ2v) is 4.64. The molecule has 112 valence electrons. The molecule has 1 aliphatic heterocycles. The van der Waals surface area contributed by atoms with E-state index >= 15 is 0 Å². The van der Waals surface area contributed by atoms with Gasteiger partial charge in [-0.2, -0.15) is 0 Å². The monoisotopic (exact) mass is 300 g/mol. The van der Waals surface area contributed by atoms with Gasteiger partial charge in [-0.25, -0.2) is 4.79 Å². The fourth-order valence-corrected chi connectivity index (χ4v) is 2.17. The number of nitrogens with one attached hydrogen (secondary N) is 2. The number of rotatable bonds is 3. The number of carboxylic acids is 1. The van der Waals surface area contributed by atoms with Crippen molar-refractivity contribution >= 4 is 23.3 Å². The molecule has 1 fully saturated rings. The highest BCUT2D eigenvalue weighted by Crippen LogP contribution is 2.20. The lowest BCUT2D eigenvalue weighted by Gasteiger charge is -2.18. The minimum absolute atomic E-state index is 0.0865. The molecule has 20 heavy (non-hydrogen) atoms. The molecule has 1 aliphatic rings. The smallest absolute Gasteiger partial charge is 0.358 e. The van der Waals surface area contributed by atoms with Gasteiger partial charge in [-0.15, -0.1) is 10.2 Å². The molecule has 6 nitrogen and oxygen atoms in total. The third kappa shape index (κ3) is 4.94. The van der Waals surface area contributed by atoms with Crippen molar-refractivity contribution < 1.29 is 9.90 Å². The molecule has 1 aromatic rings. The van der Waals surface area contributed by atoms with E-state index in [0.29, 0.717) is 5.69 Å². The molecule has 1 unspecified atom stereocenters. The molecule has 7 heteroatoms. The second kappa shape index (κ2) is 8.71. The highest BCUT2D eigenvalue weighted by molar-refractivity contribution is 6.29. The molecule has 2 heterocycles. The van der Waals surface area contributed by atoms with E-state index < -0.39 is 5.97 Å². The molecule has 0 radical (unpaired) electrons. The molecule has 1 atom stereocenters. The van der Waals surface area contributed by atoms with E-state index in [1.807, 2.05) is 13.8 Å². The fourth-order valence-electron chi connectivity index (χ4n) is 2.02. The molecule has 0 spiro atoms. The molecule has 0 bridgehead atoms. The molecule has 1 saturated heterocycles. The van der Waals surface area contributed by atoms with Crippen LogP contribution in [0.4, 0.5) is 5.69 Å². The Bertz CT molecular complexity index is 434. The summed E-state index contributed by atoms with van der Waals surface area (Å²) in [4.78, 5) is 11.0. The minimum Gasteiger partial charge on any atom is -0.476 e. The topological polar surface area (TPSA) is 87.1 Å². The molecule has 0 amide bonds. The van der Waals surface area contributed by atoms with Gasteiger partial charge < -0.3 is 15.7 Å². The average Bonchev–Trinajstić information content (AvgIpc) is 2.69. The quantitative estimate of drug-likeness (QED) is 0.794. The third-order valence-corrected chi connectivity index (χ3v) is 3.09. The highest BCUT2D eigenvalue weighted by atomic mass is 35.5. The molecule has 0 aromatic carbocycles. The lowest BCUT2D eigenvalue weighted by Crippen LogP contribution is -2.23. The van der Waals surface area contributed by atoms with Crippen molar-refractivity contribution in [2.75, 3.05) is 18.4 Å². The largest absolute Gasteiger partial charge is 0.476 e. The molecule has 0 aliphatic carbocycles. The molecular weight excluding hydrogens is 280 g/mol. The van der Waals surface area contributed by atoms with Gasteiger partial charge in [0.25, 0.3) is 0 Å². The van der Waals surface area contributed by atoms with Crippen LogP contribution in [0, 0.1) is 0 Å². The van der Waals surface area contributed by atoms with Crippen LogP contribution in [0.1, 0.15) is 43.6 Å². The standard InChI is InChI=1S/C11H15ClN4O2.C2H6/c12-9-6-8(10(11(17)18)16-15-9)14-7-2-1-4-13-5-3-7;1-2/h6-7,13H,1-5H2,(H,14,15)(H,17,18);1-2H3. The summed E-state index contributed by atoms with van der Waals surface area (Å²) < 4.78 is 0. The van der Waals surface area contributed by atoms with Gasteiger partial charge >= 0.3 is 5.97 Å². The van der Waals surface area contributed by atoms with E-state index in [0.717, 1.165) is 32.4 Å². The fraction of sp³-hybridized carbons (Fsp3) is 0.615. The third-order valence-electron chi connectivity index (χ3n) is 2.90. The Morgan fingerprint density at radius 3 is 2.85 bits per heavy atom. The van der Waals surface area contributed by atoms with Crippen LogP contribution in [0.2, 0.25) is 5.15 Å². The van der Waals surface area contributed by atoms with E-state index in [2.05, 4.69) is 20.8 Å². The lowest BCUT2D eigenvalue weighted by atomic mass is 10.1. The van der Waals surface area contributed by atoms with Gasteiger partial charge in [0.15, 0.2) is 10.8 Å². The second-order valence-electron chi connectivity index (χ2n) is 4.26. The average molecular weight is 301 g/mol. The van der Waals surface area contributed by atoms with Crippen LogP contribution in [0.15, 0.2) is 6.07 Å². The van der Waals surface area contributed by atoms with E-state index in [9.17, 15) is 4.79 Å². The normalized spacial score (nSPS) is 18.4. The summed E-state index contributed by atoms with van der Waals surface area (Å²) in [5.74, 6) is -1.10. The first-order chi connectivity index (χ1) is 9.66. The SMILES string of the molecule is CC.O=C(O)c1nnc(Cl)cc1NC1CCCNCC1. The van der Waals surface area contributed by atoms with Crippen LogP contribution in [0.25, 0.3) is 0 Å². The van der Waals surface area contributed by atoms with Gasteiger partial charge in [0.2, 0.25) is 0 Å². The zero-order valence-electron chi connectivity index (χ0n) is 11.8. The predicted octanol–water partition coefficient (Wildman–Crippen LogP) is 2.41. The van der Waals surface area contributed by atoms with Crippen LogP contribution in [0.3, 0.4) is 0 Å². The van der Waals surface area contributed by atoms with Crippen LogP contribution in [-0.4, -0.2) is 40.4 Å². The van der Waals surface area contributed by atoms with Crippen LogP contribution < -0.4 is 10.6 Å². The van der Waals surface area contributed by atoms with E-state index in [-0.39, 0.29) is 16.9 Å². The predicted molar refractivity (Wildman–Crippen MR) is 79.5 cm³/mol. The molecule has 0 saturated carbocycles. The molecule has 1 aromatic heterocycles. The number of aromatic nitrogens is 2. The Hall–Kier alpha value is -1.40. The number of carboxylic acid groups (broad SMARTS) is 1. The van der Waals surface area contributed by atoms with Crippen molar-refractivity contribution in [2.24, 2.45) is 0 Å². The maximum Gasteiger partial charge on any atom is 0.358 e. The first-order valence-electron chi connectivity index (χ1n) is 6.90. The number of hydrogen-bond acceptors (Lipinski definition) is 5. The number of hydrogen-bond donors (Lipinski definition) is 3. The Balaban J connectivity index is 0.000000956. The number of anilines is 1. The number of nitrogens with zero attached hydrogens (tertiary/aromatic N) is 2. The molecule has 2 rings (SSSR count). The van der Waals surface area contributed by atoms with Gasteiger partial charge in [-0.3, -0.25) is 0 Å². The first-order valence-corrected chi connectivity index (χ1v) is 7.28. The summed E-state index contributed by atoms with van der Waals surface area (Å²) >= 11 is 5.75. The Morgan fingerprint density at radius 1 is 1.40 bits per heavy atom. The van der Waals surface area contributed by atoms with Crippen molar-refractivity contribution in [2.45, 2.75) is 39.2 Å².